The van der Waals surface area contributed by atoms with E-state index in [-0.39, 0.29) is 5.91 Å². The molecule has 0 aliphatic heterocycles. The minimum absolute atomic E-state index is 0.212. The van der Waals surface area contributed by atoms with Crippen molar-refractivity contribution < 1.29 is 4.79 Å². The molecule has 0 saturated heterocycles. The number of hydrogen-bond acceptors (Lipinski definition) is 3. The summed E-state index contributed by atoms with van der Waals surface area (Å²) < 4.78 is 1.02. The fraction of sp³-hybridized carbons (Fsp3) is 0.0526. The highest BCUT2D eigenvalue weighted by Crippen LogP contribution is 2.36. The third-order valence-corrected chi connectivity index (χ3v) is 5.50. The number of carbonyl (C=O) groups is 1. The molecule has 0 unspecified atom stereocenters. The molecule has 0 aliphatic carbocycles. The number of thiophene rings is 1. The summed E-state index contributed by atoms with van der Waals surface area (Å²) in [5.74, 6) is -0.212. The van der Waals surface area contributed by atoms with Crippen LogP contribution in [0.1, 0.15) is 15.2 Å². The zero-order valence-corrected chi connectivity index (χ0v) is 14.4. The molecular formula is C19H13ClN2OS. The Kier molecular flexibility index (Phi) is 3.71. The molecule has 0 spiro atoms. The maximum atomic E-state index is 12.6. The lowest BCUT2D eigenvalue weighted by atomic mass is 10.2. The molecule has 0 fully saturated rings. The van der Waals surface area contributed by atoms with E-state index in [2.05, 4.69) is 10.3 Å². The topological polar surface area (TPSA) is 42.0 Å². The van der Waals surface area contributed by atoms with Crippen LogP contribution in [-0.2, 0) is 0 Å². The fourth-order valence-corrected chi connectivity index (χ4v) is 4.16. The molecule has 2 aromatic carbocycles. The Hall–Kier alpha value is -2.43. The predicted octanol–water partition coefficient (Wildman–Crippen LogP) is 5.66. The number of rotatable bonds is 2. The van der Waals surface area contributed by atoms with Gasteiger partial charge < -0.3 is 5.32 Å². The number of nitrogens with zero attached hydrogens (tertiary/aromatic N) is 1. The summed E-state index contributed by atoms with van der Waals surface area (Å²) >= 11 is 7.80. The molecule has 0 radical (unpaired) electrons. The molecule has 1 amide bonds. The summed E-state index contributed by atoms with van der Waals surface area (Å²) in [4.78, 5) is 17.5. The third-order valence-electron chi connectivity index (χ3n) is 3.84. The van der Waals surface area contributed by atoms with Crippen LogP contribution in [0.3, 0.4) is 0 Å². The Bertz CT molecular complexity index is 1090. The molecule has 118 valence electrons. The molecule has 3 nitrogen and oxygen atoms in total. The van der Waals surface area contributed by atoms with Crippen LogP contribution in [0, 0.1) is 6.92 Å². The van der Waals surface area contributed by atoms with Crippen molar-refractivity contribution in [2.45, 2.75) is 6.92 Å². The van der Waals surface area contributed by atoms with Crippen LogP contribution in [-0.4, -0.2) is 10.9 Å². The van der Waals surface area contributed by atoms with Crippen molar-refractivity contribution in [1.82, 2.24) is 4.98 Å². The Balaban J connectivity index is 1.69. The Morgan fingerprint density at radius 1 is 1.17 bits per heavy atom. The van der Waals surface area contributed by atoms with Crippen LogP contribution < -0.4 is 5.32 Å². The van der Waals surface area contributed by atoms with Gasteiger partial charge in [-0.05, 0) is 30.7 Å². The Morgan fingerprint density at radius 3 is 2.88 bits per heavy atom. The average Bonchev–Trinajstić information content (AvgIpc) is 2.91. The number of halogens is 1. The number of nitrogens with one attached hydrogen (secondary N) is 1. The van der Waals surface area contributed by atoms with E-state index in [0.29, 0.717) is 15.6 Å². The van der Waals surface area contributed by atoms with Crippen LogP contribution in [0.5, 0.6) is 0 Å². The van der Waals surface area contributed by atoms with Gasteiger partial charge in [0.15, 0.2) is 0 Å². The first-order chi connectivity index (χ1) is 11.6. The molecule has 0 saturated carbocycles. The summed E-state index contributed by atoms with van der Waals surface area (Å²) in [5, 5.41) is 5.28. The minimum atomic E-state index is -0.212. The third kappa shape index (κ3) is 2.64. The number of aromatic nitrogens is 1. The van der Waals surface area contributed by atoms with Crippen molar-refractivity contribution in [3.8, 4) is 0 Å². The molecular weight excluding hydrogens is 340 g/mol. The van der Waals surface area contributed by atoms with Crippen molar-refractivity contribution in [2.24, 2.45) is 0 Å². The van der Waals surface area contributed by atoms with Crippen molar-refractivity contribution >= 4 is 55.5 Å². The summed E-state index contributed by atoms with van der Waals surface area (Å²) in [5.41, 5.74) is 2.69. The zero-order chi connectivity index (χ0) is 16.7. The van der Waals surface area contributed by atoms with Crippen molar-refractivity contribution in [2.75, 3.05) is 5.32 Å². The highest BCUT2D eigenvalue weighted by molar-refractivity contribution is 7.21. The summed E-state index contributed by atoms with van der Waals surface area (Å²) in [6, 6.07) is 15.7. The lowest BCUT2D eigenvalue weighted by Gasteiger charge is -2.05. The highest BCUT2D eigenvalue weighted by atomic mass is 35.5. The van der Waals surface area contributed by atoms with Crippen LogP contribution >= 0.6 is 22.9 Å². The lowest BCUT2D eigenvalue weighted by Crippen LogP contribution is -2.10. The number of fused-ring (bicyclic) bond motifs is 2. The molecule has 4 aromatic rings. The summed E-state index contributed by atoms with van der Waals surface area (Å²) in [6.07, 6.45) is 1.66. The highest BCUT2D eigenvalue weighted by Gasteiger charge is 2.17. The van der Waals surface area contributed by atoms with Gasteiger partial charge in [0.1, 0.15) is 4.88 Å². The van der Waals surface area contributed by atoms with Crippen LogP contribution in [0.25, 0.3) is 21.0 Å². The number of carbonyl (C=O) groups excluding carboxylic acids is 1. The zero-order valence-electron chi connectivity index (χ0n) is 12.8. The van der Waals surface area contributed by atoms with Crippen molar-refractivity contribution in [3.63, 3.8) is 0 Å². The molecule has 5 heteroatoms. The van der Waals surface area contributed by atoms with E-state index >= 15 is 0 Å². The summed E-state index contributed by atoms with van der Waals surface area (Å²) in [7, 11) is 0. The molecule has 1 N–H and O–H groups in total. The molecule has 0 bridgehead atoms. The quantitative estimate of drug-likeness (QED) is 0.505. The van der Waals surface area contributed by atoms with Gasteiger partial charge in [0, 0.05) is 15.5 Å². The second-order valence-electron chi connectivity index (χ2n) is 5.62. The van der Waals surface area contributed by atoms with Gasteiger partial charge in [0.05, 0.1) is 22.4 Å². The normalized spacial score (nSPS) is 11.1. The van der Waals surface area contributed by atoms with E-state index < -0.39 is 0 Å². The van der Waals surface area contributed by atoms with E-state index in [1.165, 1.54) is 11.3 Å². The van der Waals surface area contributed by atoms with Crippen LogP contribution in [0.15, 0.2) is 54.7 Å². The van der Waals surface area contributed by atoms with Gasteiger partial charge in [-0.15, -0.1) is 11.3 Å². The molecule has 2 aromatic heterocycles. The number of amides is 1. The predicted molar refractivity (Wildman–Crippen MR) is 101 cm³/mol. The molecule has 2 heterocycles. The number of pyridine rings is 1. The van der Waals surface area contributed by atoms with Gasteiger partial charge in [-0.3, -0.25) is 9.78 Å². The van der Waals surface area contributed by atoms with Crippen molar-refractivity contribution in [3.05, 3.63) is 70.2 Å². The van der Waals surface area contributed by atoms with Gasteiger partial charge in [-0.2, -0.15) is 0 Å². The van der Waals surface area contributed by atoms with E-state index in [4.69, 9.17) is 11.6 Å². The van der Waals surface area contributed by atoms with E-state index in [9.17, 15) is 4.79 Å². The van der Waals surface area contributed by atoms with Gasteiger partial charge in [0.25, 0.3) is 5.91 Å². The van der Waals surface area contributed by atoms with E-state index in [0.717, 1.165) is 26.6 Å². The molecule has 24 heavy (non-hydrogen) atoms. The van der Waals surface area contributed by atoms with Crippen LogP contribution in [0.4, 0.5) is 5.69 Å². The Morgan fingerprint density at radius 2 is 2.00 bits per heavy atom. The second-order valence-corrected chi connectivity index (χ2v) is 7.05. The standard InChI is InChI=1S/C19H13ClN2OS/c1-11-6-7-14-16(8-11)24-18(17(14)20)19(23)22-13-9-12-4-2-3-5-15(12)21-10-13/h2-10H,1H3,(H,22,23). The number of para-hydroxylation sites is 1. The average molecular weight is 353 g/mol. The number of anilines is 1. The first-order valence-corrected chi connectivity index (χ1v) is 8.66. The number of hydrogen-bond donors (Lipinski definition) is 1. The fourth-order valence-electron chi connectivity index (χ4n) is 2.65. The van der Waals surface area contributed by atoms with Gasteiger partial charge in [-0.1, -0.05) is 41.9 Å². The summed E-state index contributed by atoms with van der Waals surface area (Å²) in [6.45, 7) is 2.02. The van der Waals surface area contributed by atoms with Gasteiger partial charge in [0.2, 0.25) is 0 Å². The Labute approximate surface area is 147 Å². The number of aryl methyl sites for hydroxylation is 1. The molecule has 0 atom stereocenters. The molecule has 4 rings (SSSR count). The van der Waals surface area contributed by atoms with Crippen molar-refractivity contribution in [1.29, 1.82) is 0 Å². The first kappa shape index (κ1) is 15.1. The minimum Gasteiger partial charge on any atom is -0.320 e. The SMILES string of the molecule is Cc1ccc2c(Cl)c(C(=O)Nc3cnc4ccccc4c3)sc2c1. The maximum absolute atomic E-state index is 12.6. The second kappa shape index (κ2) is 5.89. The van der Waals surface area contributed by atoms with Gasteiger partial charge >= 0.3 is 0 Å². The first-order valence-electron chi connectivity index (χ1n) is 7.46. The maximum Gasteiger partial charge on any atom is 0.267 e. The van der Waals surface area contributed by atoms with Crippen LogP contribution in [0.2, 0.25) is 5.02 Å². The van der Waals surface area contributed by atoms with Gasteiger partial charge in [-0.25, -0.2) is 0 Å². The largest absolute Gasteiger partial charge is 0.320 e. The van der Waals surface area contributed by atoms with E-state index in [1.807, 2.05) is 55.5 Å². The number of benzene rings is 2. The molecule has 0 aliphatic rings. The smallest absolute Gasteiger partial charge is 0.267 e. The monoisotopic (exact) mass is 352 g/mol. The van der Waals surface area contributed by atoms with E-state index in [1.54, 1.807) is 6.20 Å². The lowest BCUT2D eigenvalue weighted by molar-refractivity contribution is 0.103.